The van der Waals surface area contributed by atoms with Gasteiger partial charge in [-0.1, -0.05) is 86.6 Å². The predicted octanol–water partition coefficient (Wildman–Crippen LogP) is 8.59. The third-order valence-electron chi connectivity index (χ3n) is 6.64. The third kappa shape index (κ3) is 6.54. The monoisotopic (exact) mass is 563 g/mol. The van der Waals surface area contributed by atoms with Crippen LogP contribution in [0.4, 0.5) is 11.4 Å². The van der Waals surface area contributed by atoms with Gasteiger partial charge in [0.15, 0.2) is 0 Å². The molecule has 206 valence electrons. The van der Waals surface area contributed by atoms with Crippen LogP contribution in [0.3, 0.4) is 0 Å². The first-order valence-electron chi connectivity index (χ1n) is 12.6. The second-order valence-electron chi connectivity index (χ2n) is 9.79. The largest absolute Gasteiger partial charge is 0.469 e. The van der Waals surface area contributed by atoms with Gasteiger partial charge in [-0.2, -0.15) is 0 Å². The molecule has 4 aromatic carbocycles. The summed E-state index contributed by atoms with van der Waals surface area (Å²) in [6.45, 7) is 12.1. The number of para-hydroxylation sites is 2. The molecular formula is C34H37N2NiO2-. The van der Waals surface area contributed by atoms with Crippen LogP contribution in [0, 0.1) is 41.0 Å². The van der Waals surface area contributed by atoms with Gasteiger partial charge in [-0.3, -0.25) is 4.79 Å². The summed E-state index contributed by atoms with van der Waals surface area (Å²) in [6, 6.07) is 25.6. The molecule has 1 aliphatic rings. The number of aliphatic imine (C=N–C) groups is 2. The van der Waals surface area contributed by atoms with E-state index in [4.69, 9.17) is 9.98 Å². The van der Waals surface area contributed by atoms with Gasteiger partial charge >= 0.3 is 5.97 Å². The zero-order chi connectivity index (χ0) is 26.7. The number of nitrogens with zero attached hydrogens (tertiary/aromatic N) is 2. The molecule has 0 saturated carbocycles. The van der Waals surface area contributed by atoms with Crippen molar-refractivity contribution in [3.63, 3.8) is 0 Å². The van der Waals surface area contributed by atoms with Gasteiger partial charge in [-0.05, 0) is 55.3 Å². The van der Waals surface area contributed by atoms with Crippen molar-refractivity contribution < 1.29 is 26.0 Å². The summed E-state index contributed by atoms with van der Waals surface area (Å²) in [7, 11) is 1.39. The van der Waals surface area contributed by atoms with Crippen molar-refractivity contribution >= 4 is 39.5 Å². The molecule has 39 heavy (non-hydrogen) atoms. The number of ether oxygens (including phenoxy) is 1. The number of esters is 1. The second kappa shape index (κ2) is 13.5. The van der Waals surface area contributed by atoms with E-state index < -0.39 is 0 Å². The Bertz CT molecular complexity index is 1410. The summed E-state index contributed by atoms with van der Waals surface area (Å²) < 4.78 is 4.37. The molecule has 5 heteroatoms. The molecule has 0 aromatic heterocycles. The van der Waals surface area contributed by atoms with Crippen LogP contribution in [0.1, 0.15) is 47.2 Å². The molecule has 0 N–H and O–H groups in total. The van der Waals surface area contributed by atoms with Gasteiger partial charge in [0.05, 0.1) is 35.8 Å². The zero-order valence-electron chi connectivity index (χ0n) is 24.0. The summed E-state index contributed by atoms with van der Waals surface area (Å²) in [5.41, 5.74) is 11.0. The quantitative estimate of drug-likeness (QED) is 0.142. The number of benzene rings is 4. The number of rotatable bonds is 3. The fraction of sp³-hybridized carbons (Fsp3) is 0.235. The number of aryl methyl sites for hydroxylation is 4. The molecule has 0 amide bonds. The summed E-state index contributed by atoms with van der Waals surface area (Å²) in [6.07, 6.45) is 0. The van der Waals surface area contributed by atoms with Crippen LogP contribution in [0.2, 0.25) is 0 Å². The Balaban J connectivity index is 0.000000529. The number of carbonyl (C=O) groups is 1. The number of hydrogen-bond donors (Lipinski definition) is 0. The molecule has 0 atom stereocenters. The third-order valence-corrected chi connectivity index (χ3v) is 6.64. The Morgan fingerprint density at radius 3 is 1.33 bits per heavy atom. The van der Waals surface area contributed by atoms with Crippen LogP contribution >= 0.6 is 0 Å². The van der Waals surface area contributed by atoms with Crippen LogP contribution in [-0.2, 0) is 26.0 Å². The van der Waals surface area contributed by atoms with Gasteiger partial charge in [-0.25, -0.2) is 9.98 Å². The maximum atomic E-state index is 10.3. The molecule has 0 unspecified atom stereocenters. The molecule has 0 spiro atoms. The Morgan fingerprint density at radius 1 is 0.667 bits per heavy atom. The fourth-order valence-electron chi connectivity index (χ4n) is 4.64. The van der Waals surface area contributed by atoms with Crippen molar-refractivity contribution in [1.29, 1.82) is 0 Å². The molecule has 0 heterocycles. The van der Waals surface area contributed by atoms with Crippen molar-refractivity contribution in [2.45, 2.75) is 41.5 Å². The zero-order valence-corrected chi connectivity index (χ0v) is 25.0. The van der Waals surface area contributed by atoms with E-state index in [0.29, 0.717) is 0 Å². The van der Waals surface area contributed by atoms with E-state index in [0.717, 1.165) is 33.9 Å². The average Bonchev–Trinajstić information content (AvgIpc) is 3.17. The van der Waals surface area contributed by atoms with Crippen molar-refractivity contribution in [1.82, 2.24) is 0 Å². The normalized spacial score (nSPS) is 13.5. The second-order valence-corrected chi connectivity index (χ2v) is 9.79. The first kappa shape index (κ1) is 31.7. The SMILES string of the molecule is COC(=O)C(C)C.Cc1cccc(C)c1N=C1C(=Nc2c(C)cccc2C)c2cccc3cccc1c23.[CH3-].[Ni]. The molecule has 4 aromatic rings. The minimum absolute atomic E-state index is 0. The van der Waals surface area contributed by atoms with Gasteiger partial charge in [0, 0.05) is 33.0 Å². The molecule has 4 nitrogen and oxygen atoms in total. The van der Waals surface area contributed by atoms with E-state index >= 15 is 0 Å². The van der Waals surface area contributed by atoms with Crippen molar-refractivity contribution in [3.8, 4) is 0 Å². The van der Waals surface area contributed by atoms with Crippen LogP contribution in [0.15, 0.2) is 82.8 Å². The number of hydrogen-bond acceptors (Lipinski definition) is 4. The maximum absolute atomic E-state index is 10.3. The van der Waals surface area contributed by atoms with Crippen LogP contribution in [0.25, 0.3) is 10.8 Å². The minimum atomic E-state index is -0.153. The van der Waals surface area contributed by atoms with Crippen LogP contribution in [0.5, 0.6) is 0 Å². The van der Waals surface area contributed by atoms with E-state index in [1.54, 1.807) is 13.8 Å². The van der Waals surface area contributed by atoms with Gasteiger partial charge < -0.3 is 12.2 Å². The summed E-state index contributed by atoms with van der Waals surface area (Å²) in [5.74, 6) is -0.148. The molecular weight excluding hydrogens is 527 g/mol. The van der Waals surface area contributed by atoms with Gasteiger partial charge in [-0.15, -0.1) is 0 Å². The Kier molecular flexibility index (Phi) is 10.9. The summed E-state index contributed by atoms with van der Waals surface area (Å²) >= 11 is 0. The van der Waals surface area contributed by atoms with Crippen LogP contribution < -0.4 is 0 Å². The van der Waals surface area contributed by atoms with Gasteiger partial charge in [0.25, 0.3) is 0 Å². The van der Waals surface area contributed by atoms with Crippen LogP contribution in [-0.4, -0.2) is 24.5 Å². The first-order valence-corrected chi connectivity index (χ1v) is 12.6. The van der Waals surface area contributed by atoms with Gasteiger partial charge in [0.1, 0.15) is 0 Å². The number of methoxy groups -OCH3 is 1. The molecule has 0 bridgehead atoms. The maximum Gasteiger partial charge on any atom is 0.308 e. The molecule has 1 aliphatic carbocycles. The van der Waals surface area contributed by atoms with Crippen molar-refractivity contribution in [3.05, 3.63) is 114 Å². The van der Waals surface area contributed by atoms with Crippen molar-refractivity contribution in [2.75, 3.05) is 7.11 Å². The Morgan fingerprint density at radius 2 is 1.03 bits per heavy atom. The predicted molar refractivity (Wildman–Crippen MR) is 161 cm³/mol. The molecule has 0 saturated heterocycles. The molecule has 0 fully saturated rings. The topological polar surface area (TPSA) is 51.0 Å². The number of carbonyl (C=O) groups excluding carboxylic acids is 1. The van der Waals surface area contributed by atoms with E-state index in [1.165, 1.54) is 40.1 Å². The summed E-state index contributed by atoms with van der Waals surface area (Å²) in [4.78, 5) is 20.7. The standard InChI is InChI=1S/C28H24N2.C5H10O2.CH3.Ni/c1-17-9-5-10-18(2)25(17)29-27-22-15-7-13-21-14-8-16-23(24(21)22)28(27)30-26-19(3)11-6-12-20(26)4;1-4(2)5(6)7-3;;/h5-16H,1-4H3;4H,1-3H3;1H3;/q;;-1;. The van der Waals surface area contributed by atoms with E-state index in [1.807, 2.05) is 0 Å². The van der Waals surface area contributed by atoms with Crippen molar-refractivity contribution in [2.24, 2.45) is 15.9 Å². The summed E-state index contributed by atoms with van der Waals surface area (Å²) in [5, 5.41) is 2.47. The van der Waals surface area contributed by atoms with E-state index in [-0.39, 0.29) is 35.8 Å². The Labute approximate surface area is 243 Å². The van der Waals surface area contributed by atoms with E-state index in [9.17, 15) is 4.79 Å². The van der Waals surface area contributed by atoms with E-state index in [2.05, 4.69) is 105 Å². The smallest absolute Gasteiger partial charge is 0.308 e. The first-order chi connectivity index (χ1) is 17.7. The molecule has 0 aliphatic heterocycles. The van der Waals surface area contributed by atoms with Gasteiger partial charge in [0.2, 0.25) is 0 Å². The molecule has 0 radical (unpaired) electrons. The average molecular weight is 564 g/mol. The molecule has 5 rings (SSSR count). The fourth-order valence-corrected chi connectivity index (χ4v) is 4.64. The minimum Gasteiger partial charge on any atom is -0.469 e. The Hall–Kier alpha value is -3.56.